The van der Waals surface area contributed by atoms with Crippen LogP contribution in [0.5, 0.6) is 0 Å². The summed E-state index contributed by atoms with van der Waals surface area (Å²) in [6.45, 7) is 0.715. The van der Waals surface area contributed by atoms with E-state index in [1.165, 1.54) is 17.8 Å². The first-order valence-electron chi connectivity index (χ1n) is 6.12. The zero-order chi connectivity index (χ0) is 13.5. The molecule has 0 saturated carbocycles. The largest absolute Gasteiger partial charge is 0.251 e. The van der Waals surface area contributed by atoms with Gasteiger partial charge < -0.3 is 0 Å². The van der Waals surface area contributed by atoms with E-state index in [2.05, 4.69) is 10.3 Å². The minimum Gasteiger partial charge on any atom is -0.251 e. The Hall–Kier alpha value is -1.07. The van der Waals surface area contributed by atoms with Crippen LogP contribution < -0.4 is 0 Å². The highest BCUT2D eigenvalue weighted by Gasteiger charge is 2.03. The Morgan fingerprint density at radius 3 is 2.95 bits per heavy atom. The summed E-state index contributed by atoms with van der Waals surface area (Å²) in [4.78, 5) is 0.671. The van der Waals surface area contributed by atoms with Crippen LogP contribution >= 0.6 is 23.4 Å². The smallest absolute Gasteiger partial charge is 0.136 e. The SMILES string of the molecule is Fc1ccccc1SCCn1cc(CCCCl)nn1. The summed E-state index contributed by atoms with van der Waals surface area (Å²) >= 11 is 7.11. The molecule has 0 saturated heterocycles. The molecule has 0 bridgehead atoms. The van der Waals surface area contributed by atoms with Crippen molar-refractivity contribution in [1.29, 1.82) is 0 Å². The van der Waals surface area contributed by atoms with E-state index in [1.54, 1.807) is 16.8 Å². The molecular weight excluding hydrogens is 285 g/mol. The molecule has 0 atom stereocenters. The first-order chi connectivity index (χ1) is 9.29. The van der Waals surface area contributed by atoms with Crippen molar-refractivity contribution < 1.29 is 4.39 Å². The zero-order valence-corrected chi connectivity index (χ0v) is 12.0. The quantitative estimate of drug-likeness (QED) is 0.580. The molecule has 1 heterocycles. The maximum atomic E-state index is 13.4. The Morgan fingerprint density at radius 2 is 2.16 bits per heavy atom. The van der Waals surface area contributed by atoms with Gasteiger partial charge in [-0.15, -0.1) is 28.5 Å². The molecule has 6 heteroatoms. The molecule has 0 radical (unpaired) electrons. The third-order valence-electron chi connectivity index (χ3n) is 2.57. The van der Waals surface area contributed by atoms with Crippen molar-refractivity contribution in [2.24, 2.45) is 0 Å². The third kappa shape index (κ3) is 4.51. The van der Waals surface area contributed by atoms with Gasteiger partial charge in [0.2, 0.25) is 0 Å². The van der Waals surface area contributed by atoms with Crippen LogP contribution in [-0.2, 0) is 13.0 Å². The van der Waals surface area contributed by atoms with E-state index < -0.39 is 0 Å². The summed E-state index contributed by atoms with van der Waals surface area (Å²) in [5, 5.41) is 8.11. The monoisotopic (exact) mass is 299 g/mol. The average molecular weight is 300 g/mol. The first kappa shape index (κ1) is 14.3. The Kier molecular flexibility index (Phi) is 5.66. The van der Waals surface area contributed by atoms with Crippen molar-refractivity contribution in [2.45, 2.75) is 24.3 Å². The van der Waals surface area contributed by atoms with Crippen molar-refractivity contribution in [3.63, 3.8) is 0 Å². The molecule has 2 aromatic rings. The molecule has 2 rings (SSSR count). The van der Waals surface area contributed by atoms with Crippen LogP contribution in [0, 0.1) is 5.82 Å². The predicted molar refractivity (Wildman–Crippen MR) is 76.2 cm³/mol. The van der Waals surface area contributed by atoms with Crippen molar-refractivity contribution >= 4 is 23.4 Å². The summed E-state index contributed by atoms with van der Waals surface area (Å²) in [6.07, 6.45) is 3.68. The molecule has 3 nitrogen and oxygen atoms in total. The number of nitrogens with zero attached hydrogens (tertiary/aromatic N) is 3. The van der Waals surface area contributed by atoms with Crippen LogP contribution in [0.1, 0.15) is 12.1 Å². The van der Waals surface area contributed by atoms with Gasteiger partial charge in [-0.1, -0.05) is 17.3 Å². The summed E-state index contributed by atoms with van der Waals surface area (Å²) in [7, 11) is 0. The standard InChI is InChI=1S/C13H15ClFN3S/c14-7-3-4-11-10-18(17-16-11)8-9-19-13-6-2-1-5-12(13)15/h1-2,5-6,10H,3-4,7-9H2. The topological polar surface area (TPSA) is 30.7 Å². The second kappa shape index (κ2) is 7.50. The molecule has 0 fully saturated rings. The van der Waals surface area contributed by atoms with Crippen LogP contribution in [0.25, 0.3) is 0 Å². The second-order valence-corrected chi connectivity index (χ2v) is 5.56. The Balaban J connectivity index is 1.79. The Bertz CT molecular complexity index is 518. The number of halogens is 2. The van der Waals surface area contributed by atoms with Gasteiger partial charge in [0.15, 0.2) is 0 Å². The number of hydrogen-bond donors (Lipinski definition) is 0. The van der Waals surface area contributed by atoms with E-state index >= 15 is 0 Å². The number of aryl methyl sites for hydroxylation is 2. The molecule has 1 aromatic carbocycles. The van der Waals surface area contributed by atoms with Gasteiger partial charge in [-0.25, -0.2) is 4.39 Å². The minimum atomic E-state index is -0.172. The van der Waals surface area contributed by atoms with Crippen molar-refractivity contribution in [3.8, 4) is 0 Å². The summed E-state index contributed by atoms with van der Waals surface area (Å²) in [5.41, 5.74) is 0.955. The highest BCUT2D eigenvalue weighted by molar-refractivity contribution is 7.99. The predicted octanol–water partition coefficient (Wildman–Crippen LogP) is 3.38. The number of alkyl halides is 1. The van der Waals surface area contributed by atoms with Crippen LogP contribution in [0.15, 0.2) is 35.4 Å². The van der Waals surface area contributed by atoms with Crippen LogP contribution in [-0.4, -0.2) is 26.6 Å². The minimum absolute atomic E-state index is 0.172. The number of benzene rings is 1. The van der Waals surface area contributed by atoms with Gasteiger partial charge in [0, 0.05) is 22.7 Å². The van der Waals surface area contributed by atoms with E-state index in [-0.39, 0.29) is 5.82 Å². The molecule has 102 valence electrons. The molecule has 0 unspecified atom stereocenters. The lowest BCUT2D eigenvalue weighted by atomic mass is 10.3. The van der Waals surface area contributed by atoms with Crippen molar-refractivity contribution in [1.82, 2.24) is 15.0 Å². The first-order valence-corrected chi connectivity index (χ1v) is 7.64. The molecule has 19 heavy (non-hydrogen) atoms. The fourth-order valence-corrected chi connectivity index (χ4v) is 2.63. The molecule has 0 aliphatic heterocycles. The van der Waals surface area contributed by atoms with Crippen molar-refractivity contribution in [2.75, 3.05) is 11.6 Å². The molecule has 0 amide bonds. The molecule has 0 spiro atoms. The lowest BCUT2D eigenvalue weighted by Gasteiger charge is -2.02. The zero-order valence-electron chi connectivity index (χ0n) is 10.4. The number of thioether (sulfide) groups is 1. The fourth-order valence-electron chi connectivity index (χ4n) is 1.62. The van der Waals surface area contributed by atoms with E-state index in [9.17, 15) is 4.39 Å². The second-order valence-electron chi connectivity index (χ2n) is 4.04. The van der Waals surface area contributed by atoms with Gasteiger partial charge >= 0.3 is 0 Å². The summed E-state index contributed by atoms with van der Waals surface area (Å²) in [6, 6.07) is 6.79. The van der Waals surface area contributed by atoms with Crippen molar-refractivity contribution in [3.05, 3.63) is 42.0 Å². The van der Waals surface area contributed by atoms with E-state index in [0.717, 1.165) is 24.3 Å². The highest BCUT2D eigenvalue weighted by Crippen LogP contribution is 2.21. The lowest BCUT2D eigenvalue weighted by Crippen LogP contribution is -2.01. The number of rotatable bonds is 7. The fraction of sp³-hybridized carbons (Fsp3) is 0.385. The van der Waals surface area contributed by atoms with Gasteiger partial charge in [-0.3, -0.25) is 4.68 Å². The van der Waals surface area contributed by atoms with Crippen LogP contribution in [0.3, 0.4) is 0 Å². The van der Waals surface area contributed by atoms with Gasteiger partial charge in [0.1, 0.15) is 5.82 Å². The summed E-state index contributed by atoms with van der Waals surface area (Å²) < 4.78 is 15.2. The van der Waals surface area contributed by atoms with E-state index in [4.69, 9.17) is 11.6 Å². The number of hydrogen-bond acceptors (Lipinski definition) is 3. The molecular formula is C13H15ClFN3S. The molecule has 0 aliphatic rings. The molecule has 0 N–H and O–H groups in total. The number of aromatic nitrogens is 3. The van der Waals surface area contributed by atoms with Crippen LogP contribution in [0.4, 0.5) is 4.39 Å². The molecule has 1 aromatic heterocycles. The van der Waals surface area contributed by atoms with Gasteiger partial charge in [-0.05, 0) is 25.0 Å². The molecule has 0 aliphatic carbocycles. The summed E-state index contributed by atoms with van der Waals surface area (Å²) in [5.74, 6) is 1.23. The Morgan fingerprint density at radius 1 is 1.32 bits per heavy atom. The van der Waals surface area contributed by atoms with Gasteiger partial charge in [0.05, 0.1) is 12.2 Å². The lowest BCUT2D eigenvalue weighted by molar-refractivity contribution is 0.600. The average Bonchev–Trinajstić information content (AvgIpc) is 2.86. The van der Waals surface area contributed by atoms with E-state index in [0.29, 0.717) is 17.3 Å². The normalized spacial score (nSPS) is 10.8. The highest BCUT2D eigenvalue weighted by atomic mass is 35.5. The van der Waals surface area contributed by atoms with Gasteiger partial charge in [0.25, 0.3) is 0 Å². The Labute approximate surface area is 121 Å². The maximum absolute atomic E-state index is 13.4. The third-order valence-corrected chi connectivity index (χ3v) is 3.86. The van der Waals surface area contributed by atoms with Gasteiger partial charge in [-0.2, -0.15) is 0 Å². The van der Waals surface area contributed by atoms with E-state index in [1.807, 2.05) is 12.3 Å². The van der Waals surface area contributed by atoms with Crippen LogP contribution in [0.2, 0.25) is 0 Å². The maximum Gasteiger partial charge on any atom is 0.136 e.